The molecule has 2 heterocycles. The summed E-state index contributed by atoms with van der Waals surface area (Å²) in [6.07, 6.45) is 3.29. The number of rotatable bonds is 6. The fourth-order valence-electron chi connectivity index (χ4n) is 3.37. The molecule has 0 unspecified atom stereocenters. The number of aromatic amines is 1. The number of carbonyl (C=O) groups is 1. The first-order valence-electron chi connectivity index (χ1n) is 8.94. The SMILES string of the molecule is CC[C@@H](CNC(=O)Cn1ccc(=O)[nH]c1=O)N1CCc2ccccc2C1. The van der Waals surface area contributed by atoms with E-state index in [-0.39, 0.29) is 18.5 Å². The Morgan fingerprint density at radius 2 is 2.00 bits per heavy atom. The molecule has 2 N–H and O–H groups in total. The lowest BCUT2D eigenvalue weighted by atomic mass is 9.98. The molecule has 0 saturated heterocycles. The van der Waals surface area contributed by atoms with Gasteiger partial charge in [0.2, 0.25) is 5.91 Å². The molecule has 7 heteroatoms. The molecule has 138 valence electrons. The summed E-state index contributed by atoms with van der Waals surface area (Å²) in [5, 5.41) is 2.91. The first-order chi connectivity index (χ1) is 12.6. The second-order valence-corrected chi connectivity index (χ2v) is 6.59. The summed E-state index contributed by atoms with van der Waals surface area (Å²) >= 11 is 0. The van der Waals surface area contributed by atoms with Crippen molar-refractivity contribution in [3.63, 3.8) is 0 Å². The van der Waals surface area contributed by atoms with Gasteiger partial charge in [0.1, 0.15) is 6.54 Å². The molecule has 1 atom stereocenters. The van der Waals surface area contributed by atoms with Crippen LogP contribution >= 0.6 is 0 Å². The van der Waals surface area contributed by atoms with Gasteiger partial charge in [-0.1, -0.05) is 31.2 Å². The van der Waals surface area contributed by atoms with Gasteiger partial charge in [-0.15, -0.1) is 0 Å². The minimum atomic E-state index is -0.577. The van der Waals surface area contributed by atoms with Crippen molar-refractivity contribution < 1.29 is 4.79 Å². The van der Waals surface area contributed by atoms with Crippen LogP contribution < -0.4 is 16.6 Å². The Morgan fingerprint density at radius 3 is 2.73 bits per heavy atom. The molecule has 1 amide bonds. The Morgan fingerprint density at radius 1 is 1.23 bits per heavy atom. The first kappa shape index (κ1) is 18.1. The Bertz CT molecular complexity index is 887. The van der Waals surface area contributed by atoms with Crippen molar-refractivity contribution in [3.05, 3.63) is 68.5 Å². The molecule has 0 aliphatic carbocycles. The highest BCUT2D eigenvalue weighted by atomic mass is 16.2. The van der Waals surface area contributed by atoms with Gasteiger partial charge in [-0.25, -0.2) is 4.79 Å². The van der Waals surface area contributed by atoms with Crippen LogP contribution in [0.25, 0.3) is 0 Å². The van der Waals surface area contributed by atoms with Gasteiger partial charge in [-0.3, -0.25) is 24.0 Å². The zero-order valence-electron chi connectivity index (χ0n) is 14.9. The van der Waals surface area contributed by atoms with E-state index in [9.17, 15) is 14.4 Å². The van der Waals surface area contributed by atoms with E-state index in [1.165, 1.54) is 28.0 Å². The third kappa shape index (κ3) is 4.29. The number of amides is 1. The van der Waals surface area contributed by atoms with E-state index in [1.54, 1.807) is 0 Å². The van der Waals surface area contributed by atoms with Gasteiger partial charge in [0.15, 0.2) is 0 Å². The zero-order chi connectivity index (χ0) is 18.5. The summed E-state index contributed by atoms with van der Waals surface area (Å²) < 4.78 is 1.19. The highest BCUT2D eigenvalue weighted by Gasteiger charge is 2.22. The van der Waals surface area contributed by atoms with E-state index < -0.39 is 11.2 Å². The minimum Gasteiger partial charge on any atom is -0.353 e. The van der Waals surface area contributed by atoms with Crippen molar-refractivity contribution in [3.8, 4) is 0 Å². The number of nitrogens with zero attached hydrogens (tertiary/aromatic N) is 2. The molecule has 0 bridgehead atoms. The standard InChI is InChI=1S/C19H24N4O3/c1-2-16(22-9-7-14-5-3-4-6-15(14)12-22)11-20-18(25)13-23-10-8-17(24)21-19(23)26/h3-6,8,10,16H,2,7,9,11-13H2,1H3,(H,20,25)(H,21,24,26)/t16-/m0/s1. The van der Waals surface area contributed by atoms with Gasteiger partial charge in [0, 0.05) is 37.9 Å². The largest absolute Gasteiger partial charge is 0.353 e. The fraction of sp³-hybridized carbons (Fsp3) is 0.421. The number of nitrogens with one attached hydrogen (secondary N) is 2. The molecule has 0 saturated carbocycles. The summed E-state index contributed by atoms with van der Waals surface area (Å²) in [6.45, 7) is 4.42. The van der Waals surface area contributed by atoms with Crippen molar-refractivity contribution in [2.24, 2.45) is 0 Å². The second-order valence-electron chi connectivity index (χ2n) is 6.59. The predicted octanol–water partition coefficient (Wildman–Crippen LogP) is 0.490. The van der Waals surface area contributed by atoms with Crippen LogP contribution in [-0.2, 0) is 24.3 Å². The number of hydrogen-bond acceptors (Lipinski definition) is 4. The predicted molar refractivity (Wildman–Crippen MR) is 99.0 cm³/mol. The number of hydrogen-bond donors (Lipinski definition) is 2. The van der Waals surface area contributed by atoms with E-state index in [1.807, 2.05) is 0 Å². The normalized spacial score (nSPS) is 15.3. The molecule has 1 aliphatic rings. The van der Waals surface area contributed by atoms with Crippen LogP contribution in [0.2, 0.25) is 0 Å². The van der Waals surface area contributed by atoms with Crippen LogP contribution in [0.1, 0.15) is 24.5 Å². The highest BCUT2D eigenvalue weighted by molar-refractivity contribution is 5.75. The molecule has 0 radical (unpaired) electrons. The van der Waals surface area contributed by atoms with Crippen molar-refractivity contribution in [2.75, 3.05) is 13.1 Å². The van der Waals surface area contributed by atoms with E-state index in [0.717, 1.165) is 25.9 Å². The Hall–Kier alpha value is -2.67. The quantitative estimate of drug-likeness (QED) is 0.789. The van der Waals surface area contributed by atoms with Crippen molar-refractivity contribution in [1.82, 2.24) is 19.8 Å². The van der Waals surface area contributed by atoms with Crippen molar-refractivity contribution >= 4 is 5.91 Å². The summed E-state index contributed by atoms with van der Waals surface area (Å²) in [6, 6.07) is 9.96. The molecule has 1 aliphatic heterocycles. The maximum atomic E-state index is 12.2. The van der Waals surface area contributed by atoms with Gasteiger partial charge in [-0.05, 0) is 24.0 Å². The summed E-state index contributed by atoms with van der Waals surface area (Å²) in [5.74, 6) is -0.241. The van der Waals surface area contributed by atoms with Crippen LogP contribution in [0.15, 0.2) is 46.1 Å². The smallest absolute Gasteiger partial charge is 0.328 e. The molecule has 0 fully saturated rings. The van der Waals surface area contributed by atoms with Crippen LogP contribution in [-0.4, -0.2) is 39.5 Å². The monoisotopic (exact) mass is 356 g/mol. The molecule has 1 aromatic carbocycles. The number of H-pyrrole nitrogens is 1. The van der Waals surface area contributed by atoms with Gasteiger partial charge in [0.25, 0.3) is 5.56 Å². The average molecular weight is 356 g/mol. The highest BCUT2D eigenvalue weighted by Crippen LogP contribution is 2.21. The van der Waals surface area contributed by atoms with Crippen LogP contribution in [0.3, 0.4) is 0 Å². The molecule has 0 spiro atoms. The number of carbonyl (C=O) groups excluding carboxylic acids is 1. The molecular weight excluding hydrogens is 332 g/mol. The van der Waals surface area contributed by atoms with E-state index in [0.29, 0.717) is 6.54 Å². The van der Waals surface area contributed by atoms with Crippen molar-refractivity contribution in [2.45, 2.75) is 38.9 Å². The second kappa shape index (κ2) is 8.14. The van der Waals surface area contributed by atoms with E-state index in [4.69, 9.17) is 0 Å². The molecule has 7 nitrogen and oxygen atoms in total. The first-order valence-corrected chi connectivity index (χ1v) is 8.94. The van der Waals surface area contributed by atoms with Gasteiger partial charge >= 0.3 is 5.69 Å². The zero-order valence-corrected chi connectivity index (χ0v) is 14.9. The van der Waals surface area contributed by atoms with Gasteiger partial charge < -0.3 is 5.32 Å². The summed E-state index contributed by atoms with van der Waals surface area (Å²) in [4.78, 5) is 39.4. The van der Waals surface area contributed by atoms with Crippen LogP contribution in [0, 0.1) is 0 Å². The van der Waals surface area contributed by atoms with Crippen molar-refractivity contribution in [1.29, 1.82) is 0 Å². The molecule has 1 aromatic heterocycles. The van der Waals surface area contributed by atoms with Crippen LogP contribution in [0.4, 0.5) is 0 Å². The summed E-state index contributed by atoms with van der Waals surface area (Å²) in [7, 11) is 0. The molecular formula is C19H24N4O3. The van der Waals surface area contributed by atoms with E-state index >= 15 is 0 Å². The average Bonchev–Trinajstić information content (AvgIpc) is 2.64. The number of fused-ring (bicyclic) bond motifs is 1. The lowest BCUT2D eigenvalue weighted by Crippen LogP contribution is -2.46. The Balaban J connectivity index is 1.56. The molecule has 2 aromatic rings. The maximum Gasteiger partial charge on any atom is 0.328 e. The van der Waals surface area contributed by atoms with Gasteiger partial charge in [0.05, 0.1) is 0 Å². The van der Waals surface area contributed by atoms with Crippen LogP contribution in [0.5, 0.6) is 0 Å². The summed E-state index contributed by atoms with van der Waals surface area (Å²) in [5.41, 5.74) is 1.71. The maximum absolute atomic E-state index is 12.2. The van der Waals surface area contributed by atoms with Gasteiger partial charge in [-0.2, -0.15) is 0 Å². The number of benzene rings is 1. The lowest BCUT2D eigenvalue weighted by molar-refractivity contribution is -0.122. The Kier molecular flexibility index (Phi) is 5.68. The van der Waals surface area contributed by atoms with E-state index in [2.05, 4.69) is 46.4 Å². The Labute approximate surface area is 151 Å². The fourth-order valence-corrected chi connectivity index (χ4v) is 3.37. The third-order valence-electron chi connectivity index (χ3n) is 4.89. The molecule has 26 heavy (non-hydrogen) atoms. The lowest BCUT2D eigenvalue weighted by Gasteiger charge is -2.35. The minimum absolute atomic E-state index is 0.102. The topological polar surface area (TPSA) is 87.2 Å². The third-order valence-corrected chi connectivity index (χ3v) is 4.89. The molecule has 3 rings (SSSR count). The number of aromatic nitrogens is 2.